The third-order valence-corrected chi connectivity index (χ3v) is 4.29. The number of fused-ring (bicyclic) bond motifs is 1. The first-order chi connectivity index (χ1) is 9.33. The number of ether oxygens (including phenoxy) is 1. The highest BCUT2D eigenvalue weighted by Gasteiger charge is 2.22. The molecule has 1 aromatic rings. The van der Waals surface area contributed by atoms with Gasteiger partial charge in [0.1, 0.15) is 11.9 Å². The lowest BCUT2D eigenvalue weighted by atomic mass is 10.1. The highest BCUT2D eigenvalue weighted by Crippen LogP contribution is 2.27. The van der Waals surface area contributed by atoms with Gasteiger partial charge in [0, 0.05) is 25.6 Å². The number of rotatable bonds is 5. The molecule has 2 unspecified atom stereocenters. The molecule has 1 fully saturated rings. The van der Waals surface area contributed by atoms with Crippen molar-refractivity contribution in [3.8, 4) is 5.75 Å². The molecule has 3 heteroatoms. The molecule has 2 heterocycles. The summed E-state index contributed by atoms with van der Waals surface area (Å²) in [5.74, 6) is 1.07. The van der Waals surface area contributed by atoms with Crippen molar-refractivity contribution in [3.05, 3.63) is 29.8 Å². The van der Waals surface area contributed by atoms with E-state index in [0.717, 1.165) is 25.3 Å². The van der Waals surface area contributed by atoms with Gasteiger partial charge >= 0.3 is 0 Å². The maximum Gasteiger partial charge on any atom is 0.123 e. The molecule has 3 nitrogen and oxygen atoms in total. The van der Waals surface area contributed by atoms with E-state index >= 15 is 0 Å². The predicted molar refractivity (Wildman–Crippen MR) is 77.7 cm³/mol. The summed E-state index contributed by atoms with van der Waals surface area (Å²) in [6, 6.07) is 9.02. The Kier molecular flexibility index (Phi) is 4.04. The lowest BCUT2D eigenvalue weighted by molar-refractivity contribution is 0.210. The quantitative estimate of drug-likeness (QED) is 0.877. The molecule has 0 bridgehead atoms. The second-order valence-corrected chi connectivity index (χ2v) is 5.80. The zero-order valence-corrected chi connectivity index (χ0v) is 11.8. The van der Waals surface area contributed by atoms with Crippen LogP contribution in [-0.2, 0) is 6.42 Å². The molecule has 1 aromatic carbocycles. The van der Waals surface area contributed by atoms with E-state index in [0.29, 0.717) is 12.1 Å². The first kappa shape index (κ1) is 12.9. The van der Waals surface area contributed by atoms with Gasteiger partial charge in [0.15, 0.2) is 0 Å². The first-order valence-electron chi connectivity index (χ1n) is 7.52. The predicted octanol–water partition coefficient (Wildman–Crippen LogP) is 2.06. The third kappa shape index (κ3) is 3.10. The van der Waals surface area contributed by atoms with Crippen LogP contribution in [0.25, 0.3) is 0 Å². The summed E-state index contributed by atoms with van der Waals surface area (Å²) in [5, 5.41) is 3.57. The van der Waals surface area contributed by atoms with Gasteiger partial charge in [-0.3, -0.25) is 4.90 Å². The van der Waals surface area contributed by atoms with Gasteiger partial charge in [0.05, 0.1) is 0 Å². The largest absolute Gasteiger partial charge is 0.488 e. The maximum atomic E-state index is 5.94. The van der Waals surface area contributed by atoms with E-state index < -0.39 is 0 Å². The Hall–Kier alpha value is -1.06. The van der Waals surface area contributed by atoms with Gasteiger partial charge in [0.25, 0.3) is 0 Å². The SMILES string of the molecule is CC(CNCC1Cc2ccccc2O1)N1CCCC1. The molecule has 0 saturated carbocycles. The molecule has 2 aliphatic rings. The summed E-state index contributed by atoms with van der Waals surface area (Å²) in [6.07, 6.45) is 4.08. The number of nitrogens with zero attached hydrogens (tertiary/aromatic N) is 1. The third-order valence-electron chi connectivity index (χ3n) is 4.29. The van der Waals surface area contributed by atoms with E-state index in [-0.39, 0.29) is 0 Å². The highest BCUT2D eigenvalue weighted by atomic mass is 16.5. The van der Waals surface area contributed by atoms with Crippen LogP contribution in [0.3, 0.4) is 0 Å². The van der Waals surface area contributed by atoms with Crippen LogP contribution in [0.1, 0.15) is 25.3 Å². The van der Waals surface area contributed by atoms with Crippen molar-refractivity contribution in [3.63, 3.8) is 0 Å². The van der Waals surface area contributed by atoms with Gasteiger partial charge in [-0.25, -0.2) is 0 Å². The number of likely N-dealkylation sites (tertiary alicyclic amines) is 1. The number of hydrogen-bond acceptors (Lipinski definition) is 3. The number of benzene rings is 1. The molecule has 0 aliphatic carbocycles. The molecule has 3 rings (SSSR count). The minimum atomic E-state index is 0.308. The minimum Gasteiger partial charge on any atom is -0.488 e. The van der Waals surface area contributed by atoms with Crippen molar-refractivity contribution < 1.29 is 4.74 Å². The van der Waals surface area contributed by atoms with Crippen LogP contribution in [0.4, 0.5) is 0 Å². The summed E-state index contributed by atoms with van der Waals surface area (Å²) in [6.45, 7) is 6.88. The molecule has 104 valence electrons. The second-order valence-electron chi connectivity index (χ2n) is 5.80. The molecular formula is C16H24N2O. The van der Waals surface area contributed by atoms with Crippen LogP contribution in [-0.4, -0.2) is 43.2 Å². The Morgan fingerprint density at radius 3 is 2.89 bits per heavy atom. The van der Waals surface area contributed by atoms with Gasteiger partial charge in [-0.05, 0) is 44.5 Å². The van der Waals surface area contributed by atoms with E-state index in [1.807, 2.05) is 6.07 Å². The zero-order chi connectivity index (χ0) is 13.1. The average Bonchev–Trinajstić information content (AvgIpc) is 3.07. The first-order valence-corrected chi connectivity index (χ1v) is 7.52. The average molecular weight is 260 g/mol. The van der Waals surface area contributed by atoms with E-state index in [2.05, 4.69) is 35.3 Å². The Labute approximate surface area is 115 Å². The molecule has 2 aliphatic heterocycles. The van der Waals surface area contributed by atoms with E-state index in [1.165, 1.54) is 31.5 Å². The summed E-state index contributed by atoms with van der Waals surface area (Å²) < 4.78 is 5.94. The van der Waals surface area contributed by atoms with Crippen LogP contribution in [0.2, 0.25) is 0 Å². The maximum absolute atomic E-state index is 5.94. The van der Waals surface area contributed by atoms with Crippen molar-refractivity contribution in [2.24, 2.45) is 0 Å². The molecule has 0 spiro atoms. The van der Waals surface area contributed by atoms with Crippen molar-refractivity contribution >= 4 is 0 Å². The van der Waals surface area contributed by atoms with E-state index in [9.17, 15) is 0 Å². The molecule has 1 N–H and O–H groups in total. The van der Waals surface area contributed by atoms with Gasteiger partial charge in [0.2, 0.25) is 0 Å². The Bertz CT molecular complexity index is 390. The Balaban J connectivity index is 1.40. The van der Waals surface area contributed by atoms with Crippen molar-refractivity contribution in [1.29, 1.82) is 0 Å². The van der Waals surface area contributed by atoms with Gasteiger partial charge in [-0.2, -0.15) is 0 Å². The zero-order valence-electron chi connectivity index (χ0n) is 11.8. The molecule has 1 saturated heterocycles. The van der Waals surface area contributed by atoms with Gasteiger partial charge < -0.3 is 10.1 Å². The van der Waals surface area contributed by atoms with Gasteiger partial charge in [-0.1, -0.05) is 18.2 Å². The topological polar surface area (TPSA) is 24.5 Å². The van der Waals surface area contributed by atoms with Crippen molar-refractivity contribution in [2.45, 2.75) is 38.3 Å². The lowest BCUT2D eigenvalue weighted by Gasteiger charge is -2.24. The molecule has 0 amide bonds. The van der Waals surface area contributed by atoms with Crippen LogP contribution in [0.15, 0.2) is 24.3 Å². The van der Waals surface area contributed by atoms with Gasteiger partial charge in [-0.15, -0.1) is 0 Å². The standard InChI is InChI=1S/C16H24N2O/c1-13(18-8-4-5-9-18)11-17-12-15-10-14-6-2-3-7-16(14)19-15/h2-3,6-7,13,15,17H,4-5,8-12H2,1H3. The molecule has 0 radical (unpaired) electrons. The minimum absolute atomic E-state index is 0.308. The Morgan fingerprint density at radius 1 is 1.32 bits per heavy atom. The second kappa shape index (κ2) is 5.93. The molecule has 2 atom stereocenters. The summed E-state index contributed by atoms with van der Waals surface area (Å²) in [4.78, 5) is 2.58. The monoisotopic (exact) mass is 260 g/mol. The fourth-order valence-electron chi connectivity index (χ4n) is 3.13. The van der Waals surface area contributed by atoms with Crippen LogP contribution < -0.4 is 10.1 Å². The highest BCUT2D eigenvalue weighted by molar-refractivity contribution is 5.37. The van der Waals surface area contributed by atoms with Crippen molar-refractivity contribution in [2.75, 3.05) is 26.2 Å². The van der Waals surface area contributed by atoms with Crippen molar-refractivity contribution in [1.82, 2.24) is 10.2 Å². The van der Waals surface area contributed by atoms with Crippen LogP contribution in [0, 0.1) is 0 Å². The summed E-state index contributed by atoms with van der Waals surface area (Å²) in [5.41, 5.74) is 1.35. The lowest BCUT2D eigenvalue weighted by Crippen LogP contribution is -2.41. The normalized spacial score (nSPS) is 24.2. The smallest absolute Gasteiger partial charge is 0.123 e. The number of para-hydroxylation sites is 1. The number of nitrogens with one attached hydrogen (secondary N) is 1. The fourth-order valence-corrected chi connectivity index (χ4v) is 3.13. The van der Waals surface area contributed by atoms with Crippen LogP contribution in [0.5, 0.6) is 5.75 Å². The fraction of sp³-hybridized carbons (Fsp3) is 0.625. The molecular weight excluding hydrogens is 236 g/mol. The van der Waals surface area contributed by atoms with E-state index in [1.54, 1.807) is 0 Å². The summed E-state index contributed by atoms with van der Waals surface area (Å²) in [7, 11) is 0. The van der Waals surface area contributed by atoms with Crippen LogP contribution >= 0.6 is 0 Å². The number of hydrogen-bond donors (Lipinski definition) is 1. The summed E-state index contributed by atoms with van der Waals surface area (Å²) >= 11 is 0. The van der Waals surface area contributed by atoms with E-state index in [4.69, 9.17) is 4.74 Å². The Morgan fingerprint density at radius 2 is 2.11 bits per heavy atom. The molecule has 0 aromatic heterocycles. The molecule has 19 heavy (non-hydrogen) atoms.